The monoisotopic (exact) mass is 292 g/mol. The van der Waals surface area contributed by atoms with E-state index in [2.05, 4.69) is 5.32 Å². The zero-order valence-electron chi connectivity index (χ0n) is 9.86. The third kappa shape index (κ3) is 2.51. The summed E-state index contributed by atoms with van der Waals surface area (Å²) >= 11 is 5.62. The molecule has 7 heteroatoms. The molecule has 1 saturated heterocycles. The second-order valence-corrected chi connectivity index (χ2v) is 6.54. The summed E-state index contributed by atoms with van der Waals surface area (Å²) in [4.78, 5) is -0.319. The van der Waals surface area contributed by atoms with E-state index in [4.69, 9.17) is 11.6 Å². The molecule has 1 heterocycles. The van der Waals surface area contributed by atoms with Gasteiger partial charge in [-0.15, -0.1) is 0 Å². The Hall–Kier alpha value is -0.690. The Morgan fingerprint density at radius 1 is 1.50 bits per heavy atom. The highest BCUT2D eigenvalue weighted by Gasteiger charge is 2.32. The van der Waals surface area contributed by atoms with Crippen LogP contribution in [0.15, 0.2) is 23.1 Å². The van der Waals surface area contributed by atoms with Crippen molar-refractivity contribution in [3.63, 3.8) is 0 Å². The smallest absolute Gasteiger partial charge is 0.246 e. The first-order valence-corrected chi connectivity index (χ1v) is 7.42. The number of benzene rings is 1. The molecule has 4 nitrogen and oxygen atoms in total. The molecule has 1 fully saturated rings. The van der Waals surface area contributed by atoms with Gasteiger partial charge in [-0.05, 0) is 25.1 Å². The van der Waals surface area contributed by atoms with Crippen LogP contribution in [0.1, 0.15) is 6.92 Å². The highest BCUT2D eigenvalue weighted by Crippen LogP contribution is 2.24. The molecule has 1 aliphatic heterocycles. The largest absolute Gasteiger partial charge is 0.314 e. The quantitative estimate of drug-likeness (QED) is 0.898. The first kappa shape index (κ1) is 13.7. The van der Waals surface area contributed by atoms with Crippen molar-refractivity contribution in [1.29, 1.82) is 0 Å². The van der Waals surface area contributed by atoms with Crippen LogP contribution < -0.4 is 5.32 Å². The predicted molar refractivity (Wildman–Crippen MR) is 67.6 cm³/mol. The van der Waals surface area contributed by atoms with E-state index in [1.54, 1.807) is 6.92 Å². The lowest BCUT2D eigenvalue weighted by Crippen LogP contribution is -2.52. The molecule has 0 amide bonds. The van der Waals surface area contributed by atoms with Crippen LogP contribution in [0.4, 0.5) is 4.39 Å². The zero-order valence-corrected chi connectivity index (χ0v) is 11.4. The second kappa shape index (κ2) is 5.13. The molecule has 0 bridgehead atoms. The van der Waals surface area contributed by atoms with Gasteiger partial charge in [-0.2, -0.15) is 4.31 Å². The lowest BCUT2D eigenvalue weighted by Gasteiger charge is -2.32. The molecule has 1 aliphatic rings. The van der Waals surface area contributed by atoms with Crippen molar-refractivity contribution >= 4 is 21.6 Å². The Kier molecular flexibility index (Phi) is 3.91. The van der Waals surface area contributed by atoms with Gasteiger partial charge in [0.05, 0.1) is 0 Å². The van der Waals surface area contributed by atoms with E-state index in [9.17, 15) is 12.8 Å². The molecule has 100 valence electrons. The van der Waals surface area contributed by atoms with E-state index in [0.29, 0.717) is 19.6 Å². The van der Waals surface area contributed by atoms with Gasteiger partial charge in [-0.1, -0.05) is 11.6 Å². The minimum atomic E-state index is -3.80. The highest BCUT2D eigenvalue weighted by atomic mass is 35.5. The van der Waals surface area contributed by atoms with Crippen molar-refractivity contribution in [2.24, 2.45) is 0 Å². The number of hydrogen-bond donors (Lipinski definition) is 1. The van der Waals surface area contributed by atoms with E-state index in [1.807, 2.05) is 0 Å². The van der Waals surface area contributed by atoms with Crippen LogP contribution in [0.3, 0.4) is 0 Å². The van der Waals surface area contributed by atoms with Crippen molar-refractivity contribution in [2.45, 2.75) is 17.9 Å². The normalized spacial score (nSPS) is 22.1. The number of piperazine rings is 1. The third-order valence-electron chi connectivity index (χ3n) is 2.92. The minimum Gasteiger partial charge on any atom is -0.314 e. The number of rotatable bonds is 2. The molecule has 18 heavy (non-hydrogen) atoms. The number of halogens is 2. The predicted octanol–water partition coefficient (Wildman–Crippen LogP) is 1.46. The Balaban J connectivity index is 2.41. The minimum absolute atomic E-state index is 0.180. The molecule has 1 N–H and O–H groups in total. The average molecular weight is 293 g/mol. The lowest BCUT2D eigenvalue weighted by atomic mass is 10.3. The van der Waals surface area contributed by atoms with E-state index >= 15 is 0 Å². The fourth-order valence-corrected chi connectivity index (χ4v) is 3.83. The Morgan fingerprint density at radius 3 is 2.83 bits per heavy atom. The van der Waals surface area contributed by atoms with Gasteiger partial charge in [0, 0.05) is 30.7 Å². The maximum atomic E-state index is 13.7. The van der Waals surface area contributed by atoms with Gasteiger partial charge in [0.15, 0.2) is 0 Å². The van der Waals surface area contributed by atoms with Crippen molar-refractivity contribution < 1.29 is 12.8 Å². The third-order valence-corrected chi connectivity index (χ3v) is 5.20. The fraction of sp³-hybridized carbons (Fsp3) is 0.455. The summed E-state index contributed by atoms with van der Waals surface area (Å²) in [5, 5.41) is 3.27. The van der Waals surface area contributed by atoms with Crippen LogP contribution in [-0.4, -0.2) is 38.4 Å². The van der Waals surface area contributed by atoms with Crippen molar-refractivity contribution in [3.05, 3.63) is 29.0 Å². The average Bonchev–Trinajstić information content (AvgIpc) is 2.28. The number of nitrogens with one attached hydrogen (secondary N) is 1. The van der Waals surface area contributed by atoms with Crippen LogP contribution in [0.5, 0.6) is 0 Å². The molecule has 0 saturated carbocycles. The molecule has 1 aromatic carbocycles. The molecular weight excluding hydrogens is 279 g/mol. The molecule has 0 spiro atoms. The Labute approximate surface area is 111 Å². The van der Waals surface area contributed by atoms with Gasteiger partial charge < -0.3 is 5.32 Å². The summed E-state index contributed by atoms with van der Waals surface area (Å²) in [6.07, 6.45) is 0. The van der Waals surface area contributed by atoms with Crippen molar-refractivity contribution in [2.75, 3.05) is 19.6 Å². The van der Waals surface area contributed by atoms with Gasteiger partial charge in [-0.25, -0.2) is 12.8 Å². The zero-order chi connectivity index (χ0) is 13.3. The maximum Gasteiger partial charge on any atom is 0.246 e. The number of hydrogen-bond acceptors (Lipinski definition) is 3. The SMILES string of the molecule is C[C@H]1CNCCN1S(=O)(=O)c1ccc(Cl)cc1F. The van der Waals surface area contributed by atoms with Crippen LogP contribution in [0.25, 0.3) is 0 Å². The van der Waals surface area contributed by atoms with E-state index < -0.39 is 15.8 Å². The van der Waals surface area contributed by atoms with Gasteiger partial charge in [-0.3, -0.25) is 0 Å². The fourth-order valence-electron chi connectivity index (χ4n) is 1.99. The van der Waals surface area contributed by atoms with Crippen LogP contribution in [0.2, 0.25) is 5.02 Å². The first-order valence-electron chi connectivity index (χ1n) is 5.60. The molecule has 0 aromatic heterocycles. The maximum absolute atomic E-state index is 13.7. The first-order chi connectivity index (χ1) is 8.43. The Bertz CT molecular complexity index is 550. The summed E-state index contributed by atoms with van der Waals surface area (Å²) in [7, 11) is -3.80. The van der Waals surface area contributed by atoms with E-state index in [1.165, 1.54) is 16.4 Å². The summed E-state index contributed by atoms with van der Waals surface area (Å²) in [6, 6.07) is 3.41. The number of nitrogens with zero attached hydrogens (tertiary/aromatic N) is 1. The summed E-state index contributed by atoms with van der Waals surface area (Å²) in [6.45, 7) is 3.26. The molecule has 0 aliphatic carbocycles. The van der Waals surface area contributed by atoms with Gasteiger partial charge in [0.2, 0.25) is 10.0 Å². The van der Waals surface area contributed by atoms with Crippen LogP contribution >= 0.6 is 11.6 Å². The van der Waals surface area contributed by atoms with Gasteiger partial charge in [0.1, 0.15) is 10.7 Å². The number of sulfonamides is 1. The van der Waals surface area contributed by atoms with Gasteiger partial charge >= 0.3 is 0 Å². The van der Waals surface area contributed by atoms with Crippen LogP contribution in [-0.2, 0) is 10.0 Å². The standard InChI is InChI=1S/C11H14ClFN2O2S/c1-8-7-14-4-5-15(8)18(16,17)11-3-2-9(12)6-10(11)13/h2-3,6,8,14H,4-5,7H2,1H3/t8-/m0/s1. The van der Waals surface area contributed by atoms with Crippen LogP contribution in [0, 0.1) is 5.82 Å². The molecular formula is C11H14ClFN2O2S. The van der Waals surface area contributed by atoms with Gasteiger partial charge in [0.25, 0.3) is 0 Å². The topological polar surface area (TPSA) is 49.4 Å². The second-order valence-electron chi connectivity index (χ2n) is 4.24. The lowest BCUT2D eigenvalue weighted by molar-refractivity contribution is 0.283. The van der Waals surface area contributed by atoms with Crippen molar-refractivity contribution in [3.8, 4) is 0 Å². The summed E-state index contributed by atoms with van der Waals surface area (Å²) in [5.41, 5.74) is 0. The summed E-state index contributed by atoms with van der Waals surface area (Å²) < 4.78 is 39.7. The Morgan fingerprint density at radius 2 is 2.22 bits per heavy atom. The van der Waals surface area contributed by atoms with E-state index in [-0.39, 0.29) is 16.0 Å². The summed E-state index contributed by atoms with van der Waals surface area (Å²) in [5.74, 6) is -0.812. The molecule has 1 atom stereocenters. The van der Waals surface area contributed by atoms with Crippen molar-refractivity contribution in [1.82, 2.24) is 9.62 Å². The molecule has 2 rings (SSSR count). The molecule has 1 aromatic rings. The molecule has 0 radical (unpaired) electrons. The molecule has 0 unspecified atom stereocenters. The highest BCUT2D eigenvalue weighted by molar-refractivity contribution is 7.89. The van der Waals surface area contributed by atoms with E-state index in [0.717, 1.165) is 6.07 Å².